The van der Waals surface area contributed by atoms with Crippen LogP contribution in [0.15, 0.2) is 37.4 Å². The van der Waals surface area contributed by atoms with Gasteiger partial charge in [-0.25, -0.2) is 4.79 Å². The molecule has 1 aromatic rings. The first-order valence-corrected chi connectivity index (χ1v) is 8.09. The van der Waals surface area contributed by atoms with E-state index in [9.17, 15) is 4.79 Å². The van der Waals surface area contributed by atoms with E-state index in [2.05, 4.69) is 31.0 Å². The maximum Gasteiger partial charge on any atom is 0.330 e. The van der Waals surface area contributed by atoms with Gasteiger partial charge in [0.15, 0.2) is 11.5 Å². The molecule has 0 radical (unpaired) electrons. The van der Waals surface area contributed by atoms with Crippen LogP contribution in [0.4, 0.5) is 0 Å². The van der Waals surface area contributed by atoms with Gasteiger partial charge in [-0.05, 0) is 24.5 Å². The zero-order chi connectivity index (χ0) is 17.5. The second-order valence-corrected chi connectivity index (χ2v) is 5.70. The van der Waals surface area contributed by atoms with Crippen LogP contribution in [0, 0.1) is 0 Å². The SMILES string of the molecule is C=CCc1cc2c(c(OC)c1)OCN(C(CC)COC(=O)C=C)C2. The summed E-state index contributed by atoms with van der Waals surface area (Å²) < 4.78 is 16.6. The molecule has 0 spiro atoms. The van der Waals surface area contributed by atoms with Crippen molar-refractivity contribution in [1.29, 1.82) is 0 Å². The van der Waals surface area contributed by atoms with Crippen molar-refractivity contribution in [3.63, 3.8) is 0 Å². The van der Waals surface area contributed by atoms with Crippen LogP contribution in [0.5, 0.6) is 11.5 Å². The van der Waals surface area contributed by atoms with Gasteiger partial charge in [-0.2, -0.15) is 0 Å². The molecule has 0 aromatic heterocycles. The quantitative estimate of drug-likeness (QED) is 0.416. The fourth-order valence-electron chi connectivity index (χ4n) is 2.81. The van der Waals surface area contributed by atoms with Crippen molar-refractivity contribution in [2.45, 2.75) is 32.4 Å². The van der Waals surface area contributed by atoms with E-state index in [1.165, 1.54) is 6.08 Å². The van der Waals surface area contributed by atoms with Gasteiger partial charge in [0.1, 0.15) is 13.3 Å². The Morgan fingerprint density at radius 1 is 1.46 bits per heavy atom. The fourth-order valence-corrected chi connectivity index (χ4v) is 2.81. The molecule has 2 rings (SSSR count). The van der Waals surface area contributed by atoms with Gasteiger partial charge >= 0.3 is 5.97 Å². The molecular weight excluding hydrogens is 306 g/mol. The zero-order valence-electron chi connectivity index (χ0n) is 14.4. The third-order valence-electron chi connectivity index (χ3n) is 4.11. The number of carbonyl (C=O) groups excluding carboxylic acids is 1. The second kappa shape index (κ2) is 8.55. The number of hydrogen-bond donors (Lipinski definition) is 0. The number of methoxy groups -OCH3 is 1. The van der Waals surface area contributed by atoms with Crippen LogP contribution in [0.2, 0.25) is 0 Å². The zero-order valence-corrected chi connectivity index (χ0v) is 14.4. The van der Waals surface area contributed by atoms with E-state index in [1.54, 1.807) is 7.11 Å². The lowest BCUT2D eigenvalue weighted by atomic mass is 10.0. The van der Waals surface area contributed by atoms with Crippen molar-refractivity contribution in [2.24, 2.45) is 0 Å². The van der Waals surface area contributed by atoms with Gasteiger partial charge < -0.3 is 14.2 Å². The first-order chi connectivity index (χ1) is 11.6. The summed E-state index contributed by atoms with van der Waals surface area (Å²) in [5.74, 6) is 1.14. The number of ether oxygens (including phenoxy) is 3. The van der Waals surface area contributed by atoms with Crippen molar-refractivity contribution >= 4 is 5.97 Å². The molecule has 1 aliphatic rings. The molecular formula is C19H25NO4. The summed E-state index contributed by atoms with van der Waals surface area (Å²) in [4.78, 5) is 13.5. The van der Waals surface area contributed by atoms with E-state index in [4.69, 9.17) is 14.2 Å². The highest BCUT2D eigenvalue weighted by atomic mass is 16.5. The average molecular weight is 331 g/mol. The number of benzene rings is 1. The predicted molar refractivity (Wildman–Crippen MR) is 93.2 cm³/mol. The third-order valence-corrected chi connectivity index (χ3v) is 4.11. The molecule has 130 valence electrons. The smallest absolute Gasteiger partial charge is 0.330 e. The molecule has 1 atom stereocenters. The van der Waals surface area contributed by atoms with Crippen LogP contribution in [0.3, 0.4) is 0 Å². The van der Waals surface area contributed by atoms with Crippen LogP contribution in [0.1, 0.15) is 24.5 Å². The van der Waals surface area contributed by atoms with Gasteiger partial charge in [-0.15, -0.1) is 6.58 Å². The largest absolute Gasteiger partial charge is 0.493 e. The van der Waals surface area contributed by atoms with Crippen molar-refractivity contribution in [3.8, 4) is 11.5 Å². The first kappa shape index (κ1) is 18.1. The summed E-state index contributed by atoms with van der Waals surface area (Å²) in [5.41, 5.74) is 2.21. The van der Waals surface area contributed by atoms with E-state index in [1.807, 2.05) is 12.1 Å². The van der Waals surface area contributed by atoms with Crippen LogP contribution >= 0.6 is 0 Å². The number of hydrogen-bond acceptors (Lipinski definition) is 5. The normalized spacial score (nSPS) is 14.9. The maximum absolute atomic E-state index is 11.3. The minimum absolute atomic E-state index is 0.0936. The molecule has 24 heavy (non-hydrogen) atoms. The summed E-state index contributed by atoms with van der Waals surface area (Å²) in [6.45, 7) is 10.8. The van der Waals surface area contributed by atoms with E-state index in [0.29, 0.717) is 13.3 Å². The molecule has 5 heteroatoms. The highest BCUT2D eigenvalue weighted by Gasteiger charge is 2.26. The van der Waals surface area contributed by atoms with Crippen molar-refractivity contribution < 1.29 is 19.0 Å². The molecule has 1 aliphatic heterocycles. The van der Waals surface area contributed by atoms with Crippen molar-refractivity contribution in [2.75, 3.05) is 20.4 Å². The molecule has 1 aromatic carbocycles. The van der Waals surface area contributed by atoms with Gasteiger partial charge in [-0.3, -0.25) is 4.90 Å². The lowest BCUT2D eigenvalue weighted by molar-refractivity contribution is -0.140. The molecule has 0 fully saturated rings. The highest BCUT2D eigenvalue weighted by Crippen LogP contribution is 2.37. The van der Waals surface area contributed by atoms with E-state index < -0.39 is 5.97 Å². The Hall–Kier alpha value is -2.27. The Balaban J connectivity index is 2.16. The Kier molecular flexibility index (Phi) is 6.44. The average Bonchev–Trinajstić information content (AvgIpc) is 2.61. The summed E-state index contributed by atoms with van der Waals surface area (Å²) >= 11 is 0. The first-order valence-electron chi connectivity index (χ1n) is 8.09. The predicted octanol–water partition coefficient (Wildman–Crippen LogP) is 3.08. The van der Waals surface area contributed by atoms with E-state index >= 15 is 0 Å². The molecule has 0 amide bonds. The lowest BCUT2D eigenvalue weighted by Gasteiger charge is -2.35. The molecule has 1 heterocycles. The fraction of sp³-hybridized carbons (Fsp3) is 0.421. The van der Waals surface area contributed by atoms with Gasteiger partial charge in [0.05, 0.1) is 7.11 Å². The van der Waals surface area contributed by atoms with Crippen molar-refractivity contribution in [1.82, 2.24) is 4.90 Å². The number of esters is 1. The molecule has 1 unspecified atom stereocenters. The second-order valence-electron chi connectivity index (χ2n) is 5.70. The van der Waals surface area contributed by atoms with Gasteiger partial charge in [0, 0.05) is 24.2 Å². The summed E-state index contributed by atoms with van der Waals surface area (Å²) in [7, 11) is 1.65. The summed E-state index contributed by atoms with van der Waals surface area (Å²) in [6.07, 6.45) is 4.68. The number of allylic oxidation sites excluding steroid dienone is 1. The topological polar surface area (TPSA) is 48.0 Å². The molecule has 0 bridgehead atoms. The number of fused-ring (bicyclic) bond motifs is 1. The van der Waals surface area contributed by atoms with Crippen molar-refractivity contribution in [3.05, 3.63) is 48.6 Å². The summed E-state index contributed by atoms with van der Waals surface area (Å²) in [6, 6.07) is 4.20. The van der Waals surface area contributed by atoms with Crippen LogP contribution in [-0.2, 0) is 22.5 Å². The van der Waals surface area contributed by atoms with Gasteiger partial charge in [-0.1, -0.05) is 25.6 Å². The molecule has 0 N–H and O–H groups in total. The van der Waals surface area contributed by atoms with Crippen LogP contribution < -0.4 is 9.47 Å². The Labute approximate surface area is 143 Å². The van der Waals surface area contributed by atoms with Crippen LogP contribution in [0.25, 0.3) is 0 Å². The van der Waals surface area contributed by atoms with E-state index in [0.717, 1.165) is 42.0 Å². The summed E-state index contributed by atoms with van der Waals surface area (Å²) in [5, 5.41) is 0. The van der Waals surface area contributed by atoms with Crippen LogP contribution in [-0.4, -0.2) is 37.4 Å². The maximum atomic E-state index is 11.3. The Morgan fingerprint density at radius 3 is 2.88 bits per heavy atom. The lowest BCUT2D eigenvalue weighted by Crippen LogP contribution is -2.43. The number of nitrogens with zero attached hydrogens (tertiary/aromatic N) is 1. The molecule has 0 saturated heterocycles. The monoisotopic (exact) mass is 331 g/mol. The molecule has 5 nitrogen and oxygen atoms in total. The Bertz CT molecular complexity index is 612. The number of carbonyl (C=O) groups is 1. The minimum atomic E-state index is -0.401. The minimum Gasteiger partial charge on any atom is -0.493 e. The molecule has 0 saturated carbocycles. The highest BCUT2D eigenvalue weighted by molar-refractivity contribution is 5.81. The number of rotatable bonds is 8. The molecule has 0 aliphatic carbocycles. The van der Waals surface area contributed by atoms with Gasteiger partial charge in [0.25, 0.3) is 0 Å². The standard InChI is InChI=1S/C19H25NO4/c1-5-8-14-9-15-11-20(13-24-19(15)17(10-14)22-4)16(6-2)12-23-18(21)7-3/h5,7,9-10,16H,1,3,6,8,11-13H2,2,4H3. The van der Waals surface area contributed by atoms with E-state index in [-0.39, 0.29) is 6.04 Å². The Morgan fingerprint density at radius 2 is 2.25 bits per heavy atom. The van der Waals surface area contributed by atoms with Gasteiger partial charge in [0.2, 0.25) is 0 Å². The third kappa shape index (κ3) is 4.17.